The number of rotatable bonds is 5. The lowest BCUT2D eigenvalue weighted by molar-refractivity contribution is -0.135. The van der Waals surface area contributed by atoms with E-state index in [1.165, 1.54) is 11.1 Å². The van der Waals surface area contributed by atoms with E-state index < -0.39 is 0 Å². The monoisotopic (exact) mass is 290 g/mol. The minimum Gasteiger partial charge on any atom is -0.393 e. The third-order valence-corrected chi connectivity index (χ3v) is 4.22. The lowest BCUT2D eigenvalue weighted by atomic mass is 9.83. The van der Waals surface area contributed by atoms with Crippen molar-refractivity contribution < 1.29 is 4.79 Å². The summed E-state index contributed by atoms with van der Waals surface area (Å²) in [4.78, 5) is 15.0. The van der Waals surface area contributed by atoms with Gasteiger partial charge in [-0.1, -0.05) is 36.5 Å². The molecule has 0 bridgehead atoms. The van der Waals surface area contributed by atoms with E-state index in [9.17, 15) is 4.79 Å². The zero-order valence-electron chi connectivity index (χ0n) is 12.0. The molecule has 0 radical (unpaired) electrons. The highest BCUT2D eigenvalue weighted by Crippen LogP contribution is 2.26. The highest BCUT2D eigenvalue weighted by Gasteiger charge is 2.27. The molecule has 20 heavy (non-hydrogen) atoms. The Labute approximate surface area is 126 Å². The van der Waals surface area contributed by atoms with Crippen LogP contribution >= 0.6 is 12.2 Å². The predicted molar refractivity (Wildman–Crippen MR) is 85.6 cm³/mol. The molecule has 2 N–H and O–H groups in total. The molecular weight excluding hydrogens is 268 g/mol. The Morgan fingerprint density at radius 3 is 2.75 bits per heavy atom. The average molecular weight is 290 g/mol. The number of fused-ring (bicyclic) bond motifs is 1. The summed E-state index contributed by atoms with van der Waals surface area (Å²) in [7, 11) is 0. The number of nitrogens with zero attached hydrogens (tertiary/aromatic N) is 1. The first-order valence-electron chi connectivity index (χ1n) is 7.25. The van der Waals surface area contributed by atoms with Gasteiger partial charge in [0, 0.05) is 25.4 Å². The van der Waals surface area contributed by atoms with Gasteiger partial charge in [-0.15, -0.1) is 0 Å². The normalized spacial score (nSPS) is 17.4. The van der Waals surface area contributed by atoms with E-state index in [4.69, 9.17) is 18.0 Å². The minimum absolute atomic E-state index is 0.108. The van der Waals surface area contributed by atoms with Crippen LogP contribution in [0.1, 0.15) is 30.9 Å². The van der Waals surface area contributed by atoms with E-state index in [2.05, 4.69) is 24.3 Å². The third kappa shape index (κ3) is 3.57. The summed E-state index contributed by atoms with van der Waals surface area (Å²) in [5.74, 6) is 0.356. The van der Waals surface area contributed by atoms with Gasteiger partial charge in [0.05, 0.1) is 4.99 Å². The van der Waals surface area contributed by atoms with Crippen molar-refractivity contribution in [2.24, 2.45) is 11.7 Å². The molecule has 1 aliphatic rings. The Hall–Kier alpha value is -1.42. The molecule has 0 saturated carbocycles. The maximum atomic E-state index is 12.6. The average Bonchev–Trinajstić information content (AvgIpc) is 2.47. The number of thiocarbonyl (C=S) groups is 1. The van der Waals surface area contributed by atoms with E-state index in [-0.39, 0.29) is 11.8 Å². The molecule has 0 aliphatic heterocycles. The number of carbonyl (C=O) groups excluding carboxylic acids is 1. The van der Waals surface area contributed by atoms with Crippen molar-refractivity contribution in [3.63, 3.8) is 0 Å². The molecule has 0 saturated heterocycles. The SMILES string of the molecule is CCN(CCC(N)=S)C(=O)C1CCc2ccccc2C1. The Balaban J connectivity index is 2.01. The van der Waals surface area contributed by atoms with Crippen LogP contribution in [0.3, 0.4) is 0 Å². The van der Waals surface area contributed by atoms with Crippen molar-refractivity contribution in [2.45, 2.75) is 32.6 Å². The van der Waals surface area contributed by atoms with E-state index >= 15 is 0 Å². The second-order valence-corrected chi connectivity index (χ2v) is 5.87. The van der Waals surface area contributed by atoms with Crippen LogP contribution in [0.25, 0.3) is 0 Å². The number of amides is 1. The molecule has 0 spiro atoms. The zero-order chi connectivity index (χ0) is 14.5. The highest BCUT2D eigenvalue weighted by molar-refractivity contribution is 7.80. The van der Waals surface area contributed by atoms with Crippen molar-refractivity contribution in [1.29, 1.82) is 0 Å². The quantitative estimate of drug-likeness (QED) is 0.847. The van der Waals surface area contributed by atoms with E-state index in [0.717, 1.165) is 25.8 Å². The molecule has 108 valence electrons. The molecule has 2 rings (SSSR count). The van der Waals surface area contributed by atoms with Gasteiger partial charge in [0.1, 0.15) is 0 Å². The van der Waals surface area contributed by atoms with Crippen LogP contribution in [0.5, 0.6) is 0 Å². The highest BCUT2D eigenvalue weighted by atomic mass is 32.1. The van der Waals surface area contributed by atoms with Crippen molar-refractivity contribution in [1.82, 2.24) is 4.90 Å². The summed E-state index contributed by atoms with van der Waals surface area (Å²) in [5.41, 5.74) is 8.24. The van der Waals surface area contributed by atoms with Crippen LogP contribution in [0.4, 0.5) is 0 Å². The molecule has 0 aromatic heterocycles. The van der Waals surface area contributed by atoms with E-state index in [1.807, 2.05) is 11.8 Å². The Kier molecular flexibility index (Phi) is 5.12. The summed E-state index contributed by atoms with van der Waals surface area (Å²) in [6, 6.07) is 8.43. The molecular formula is C16H22N2OS. The van der Waals surface area contributed by atoms with Crippen LogP contribution in [0.2, 0.25) is 0 Å². The second kappa shape index (κ2) is 6.84. The number of hydrogen-bond donors (Lipinski definition) is 1. The van der Waals surface area contributed by atoms with Crippen molar-refractivity contribution in [3.05, 3.63) is 35.4 Å². The van der Waals surface area contributed by atoms with Crippen molar-refractivity contribution in [2.75, 3.05) is 13.1 Å². The molecule has 0 fully saturated rings. The number of carbonyl (C=O) groups is 1. The number of benzene rings is 1. The maximum absolute atomic E-state index is 12.6. The lowest BCUT2D eigenvalue weighted by Gasteiger charge is -2.29. The molecule has 1 amide bonds. The fourth-order valence-electron chi connectivity index (χ4n) is 2.84. The Morgan fingerprint density at radius 2 is 2.10 bits per heavy atom. The van der Waals surface area contributed by atoms with E-state index in [1.54, 1.807) is 0 Å². The van der Waals surface area contributed by atoms with Crippen molar-refractivity contribution >= 4 is 23.1 Å². The second-order valence-electron chi connectivity index (χ2n) is 5.34. The van der Waals surface area contributed by atoms with Gasteiger partial charge in [-0.2, -0.15) is 0 Å². The molecule has 1 aromatic rings. The van der Waals surface area contributed by atoms with Crippen LogP contribution in [-0.4, -0.2) is 28.9 Å². The van der Waals surface area contributed by atoms with Crippen LogP contribution in [-0.2, 0) is 17.6 Å². The largest absolute Gasteiger partial charge is 0.393 e. The summed E-state index contributed by atoms with van der Waals surface area (Å²) in [6.07, 6.45) is 3.41. The summed E-state index contributed by atoms with van der Waals surface area (Å²) in [6.45, 7) is 3.37. The zero-order valence-corrected chi connectivity index (χ0v) is 12.8. The maximum Gasteiger partial charge on any atom is 0.226 e. The van der Waals surface area contributed by atoms with Gasteiger partial charge >= 0.3 is 0 Å². The molecule has 0 heterocycles. The molecule has 3 nitrogen and oxygen atoms in total. The van der Waals surface area contributed by atoms with Crippen LogP contribution < -0.4 is 5.73 Å². The standard InChI is InChI=1S/C16H22N2OS/c1-2-18(10-9-15(17)20)16(19)14-8-7-12-5-3-4-6-13(12)11-14/h3-6,14H,2,7-11H2,1H3,(H2,17,20). The summed E-state index contributed by atoms with van der Waals surface area (Å²) < 4.78 is 0. The van der Waals surface area contributed by atoms with E-state index in [0.29, 0.717) is 18.0 Å². The first-order valence-corrected chi connectivity index (χ1v) is 7.66. The molecule has 1 atom stereocenters. The van der Waals surface area contributed by atoms with Gasteiger partial charge in [-0.05, 0) is 37.3 Å². The number of nitrogens with two attached hydrogens (primary N) is 1. The fourth-order valence-corrected chi connectivity index (χ4v) is 2.93. The predicted octanol–water partition coefficient (Wildman–Crippen LogP) is 2.32. The third-order valence-electron chi connectivity index (χ3n) is 4.02. The van der Waals surface area contributed by atoms with Gasteiger partial charge in [-0.3, -0.25) is 4.79 Å². The first kappa shape index (κ1) is 15.0. The molecule has 1 aliphatic carbocycles. The number of aryl methyl sites for hydroxylation is 1. The lowest BCUT2D eigenvalue weighted by Crippen LogP contribution is -2.39. The minimum atomic E-state index is 0.108. The first-order chi connectivity index (χ1) is 9.61. The molecule has 1 unspecified atom stereocenters. The van der Waals surface area contributed by atoms with Gasteiger partial charge in [0.25, 0.3) is 0 Å². The number of hydrogen-bond acceptors (Lipinski definition) is 2. The van der Waals surface area contributed by atoms with Crippen molar-refractivity contribution in [3.8, 4) is 0 Å². The molecule has 4 heteroatoms. The smallest absolute Gasteiger partial charge is 0.226 e. The molecule has 1 aromatic carbocycles. The Morgan fingerprint density at radius 1 is 1.40 bits per heavy atom. The van der Waals surface area contributed by atoms with Gasteiger partial charge in [0.2, 0.25) is 5.91 Å². The summed E-state index contributed by atoms with van der Waals surface area (Å²) >= 11 is 4.90. The Bertz CT molecular complexity index is 501. The summed E-state index contributed by atoms with van der Waals surface area (Å²) in [5, 5.41) is 0. The topological polar surface area (TPSA) is 46.3 Å². The van der Waals surface area contributed by atoms with Crippen LogP contribution in [0, 0.1) is 5.92 Å². The van der Waals surface area contributed by atoms with Gasteiger partial charge in [-0.25, -0.2) is 0 Å². The van der Waals surface area contributed by atoms with Crippen LogP contribution in [0.15, 0.2) is 24.3 Å². The fraction of sp³-hybridized carbons (Fsp3) is 0.500. The van der Waals surface area contributed by atoms with Gasteiger partial charge in [0.15, 0.2) is 0 Å². The van der Waals surface area contributed by atoms with Gasteiger partial charge < -0.3 is 10.6 Å².